The lowest BCUT2D eigenvalue weighted by molar-refractivity contribution is 0.102. The van der Waals surface area contributed by atoms with Crippen molar-refractivity contribution in [1.82, 2.24) is 9.55 Å². The summed E-state index contributed by atoms with van der Waals surface area (Å²) in [5.41, 5.74) is 7.41. The highest BCUT2D eigenvalue weighted by atomic mass is 35.5. The standard InChI is InChI=1S/C37H32ClFN4O/c1-24(2)35-34(37(44)42-29-11-7-4-8-12-29)33(25-9-5-3-6-10-25)36(26-13-16-28(39)17-14-26)43(35)22-21-41-31-19-20-40-32-23-27(38)15-18-30(31)32/h3-20,23-24H,21-22H2,1-2H3,(H,40,41)(H,42,44). The maximum absolute atomic E-state index is 14.2. The fourth-order valence-electron chi connectivity index (χ4n) is 5.79. The first-order valence-electron chi connectivity index (χ1n) is 14.6. The van der Waals surface area contributed by atoms with Crippen LogP contribution in [0.2, 0.25) is 5.02 Å². The normalized spacial score (nSPS) is 11.2. The van der Waals surface area contributed by atoms with Crippen molar-refractivity contribution >= 4 is 39.8 Å². The van der Waals surface area contributed by atoms with E-state index >= 15 is 0 Å². The number of halogens is 2. The zero-order valence-corrected chi connectivity index (χ0v) is 25.3. The molecule has 2 N–H and O–H groups in total. The summed E-state index contributed by atoms with van der Waals surface area (Å²) >= 11 is 6.21. The van der Waals surface area contributed by atoms with E-state index in [4.69, 9.17) is 11.6 Å². The van der Waals surface area contributed by atoms with Crippen molar-refractivity contribution in [3.05, 3.63) is 137 Å². The summed E-state index contributed by atoms with van der Waals surface area (Å²) in [6, 6.07) is 33.5. The molecule has 7 heteroatoms. The average Bonchev–Trinajstić information content (AvgIpc) is 3.38. The van der Waals surface area contributed by atoms with E-state index in [-0.39, 0.29) is 17.6 Å². The van der Waals surface area contributed by atoms with Gasteiger partial charge in [-0.05, 0) is 77.7 Å². The van der Waals surface area contributed by atoms with Crippen LogP contribution in [0.3, 0.4) is 0 Å². The molecule has 4 aromatic carbocycles. The summed E-state index contributed by atoms with van der Waals surface area (Å²) in [5.74, 6) is -0.497. The molecule has 0 radical (unpaired) electrons. The number of amides is 1. The highest BCUT2D eigenvalue weighted by Gasteiger charge is 2.30. The van der Waals surface area contributed by atoms with Gasteiger partial charge in [-0.25, -0.2) is 4.39 Å². The molecule has 5 nitrogen and oxygen atoms in total. The van der Waals surface area contributed by atoms with Crippen LogP contribution in [-0.2, 0) is 6.54 Å². The number of hydrogen-bond acceptors (Lipinski definition) is 3. The van der Waals surface area contributed by atoms with Crippen LogP contribution in [0.4, 0.5) is 15.8 Å². The average molecular weight is 603 g/mol. The second kappa shape index (κ2) is 12.7. The molecule has 2 aromatic heterocycles. The summed E-state index contributed by atoms with van der Waals surface area (Å²) in [7, 11) is 0. The molecule has 220 valence electrons. The number of para-hydroxylation sites is 1. The van der Waals surface area contributed by atoms with Crippen molar-refractivity contribution in [3.63, 3.8) is 0 Å². The molecular weight excluding hydrogens is 571 g/mol. The third-order valence-electron chi connectivity index (χ3n) is 7.65. The molecule has 6 rings (SSSR count). The van der Waals surface area contributed by atoms with Gasteiger partial charge in [0.05, 0.1) is 16.8 Å². The van der Waals surface area contributed by atoms with E-state index in [0.717, 1.165) is 44.7 Å². The summed E-state index contributed by atoms with van der Waals surface area (Å²) in [6.45, 7) is 5.32. The van der Waals surface area contributed by atoms with E-state index in [0.29, 0.717) is 29.4 Å². The molecule has 0 spiro atoms. The van der Waals surface area contributed by atoms with Gasteiger partial charge in [-0.15, -0.1) is 0 Å². The van der Waals surface area contributed by atoms with Gasteiger partial charge in [-0.1, -0.05) is 74.0 Å². The van der Waals surface area contributed by atoms with E-state index in [1.807, 2.05) is 84.9 Å². The van der Waals surface area contributed by atoms with E-state index in [1.165, 1.54) is 12.1 Å². The third kappa shape index (κ3) is 5.94. The van der Waals surface area contributed by atoms with Gasteiger partial charge in [0.15, 0.2) is 0 Å². The van der Waals surface area contributed by atoms with Crippen LogP contribution in [0, 0.1) is 5.82 Å². The van der Waals surface area contributed by atoms with Crippen LogP contribution in [0.5, 0.6) is 0 Å². The summed E-state index contributed by atoms with van der Waals surface area (Å²) < 4.78 is 16.4. The number of aromatic nitrogens is 2. The van der Waals surface area contributed by atoms with Crippen molar-refractivity contribution in [1.29, 1.82) is 0 Å². The highest BCUT2D eigenvalue weighted by Crippen LogP contribution is 2.42. The smallest absolute Gasteiger partial charge is 0.258 e. The second-order valence-electron chi connectivity index (χ2n) is 10.9. The Morgan fingerprint density at radius 1 is 0.886 bits per heavy atom. The lowest BCUT2D eigenvalue weighted by Gasteiger charge is -2.18. The van der Waals surface area contributed by atoms with Gasteiger partial charge in [-0.3, -0.25) is 9.78 Å². The minimum Gasteiger partial charge on any atom is -0.383 e. The first-order valence-corrected chi connectivity index (χ1v) is 15.0. The molecule has 0 bridgehead atoms. The number of carbonyl (C=O) groups excluding carboxylic acids is 1. The number of anilines is 2. The van der Waals surface area contributed by atoms with Crippen LogP contribution in [0.1, 0.15) is 35.8 Å². The van der Waals surface area contributed by atoms with Gasteiger partial charge in [0.25, 0.3) is 5.91 Å². The fraction of sp³-hybridized carbons (Fsp3) is 0.135. The summed E-state index contributed by atoms with van der Waals surface area (Å²) in [4.78, 5) is 18.7. The highest BCUT2D eigenvalue weighted by molar-refractivity contribution is 6.31. The van der Waals surface area contributed by atoms with Crippen LogP contribution in [0.25, 0.3) is 33.3 Å². The van der Waals surface area contributed by atoms with E-state index in [2.05, 4.69) is 34.0 Å². The fourth-order valence-corrected chi connectivity index (χ4v) is 5.95. The van der Waals surface area contributed by atoms with Crippen LogP contribution < -0.4 is 10.6 Å². The predicted octanol–water partition coefficient (Wildman–Crippen LogP) is 9.65. The summed E-state index contributed by atoms with van der Waals surface area (Å²) in [5, 5.41) is 8.31. The number of pyridine rings is 1. The Labute approximate surface area is 261 Å². The number of rotatable bonds is 9. The van der Waals surface area contributed by atoms with E-state index in [1.54, 1.807) is 18.3 Å². The number of nitrogens with zero attached hydrogens (tertiary/aromatic N) is 2. The third-order valence-corrected chi connectivity index (χ3v) is 7.88. The van der Waals surface area contributed by atoms with Crippen molar-refractivity contribution in [2.75, 3.05) is 17.2 Å². The molecule has 2 heterocycles. The van der Waals surface area contributed by atoms with Crippen LogP contribution in [0.15, 0.2) is 115 Å². The second-order valence-corrected chi connectivity index (χ2v) is 11.4. The molecule has 0 aliphatic heterocycles. The van der Waals surface area contributed by atoms with Crippen molar-refractivity contribution in [2.24, 2.45) is 0 Å². The molecule has 1 amide bonds. The van der Waals surface area contributed by atoms with Crippen molar-refractivity contribution < 1.29 is 9.18 Å². The Morgan fingerprint density at radius 2 is 1.59 bits per heavy atom. The Bertz CT molecular complexity index is 1920. The van der Waals surface area contributed by atoms with E-state index < -0.39 is 0 Å². The van der Waals surface area contributed by atoms with Gasteiger partial charge in [0, 0.05) is 52.3 Å². The first kappa shape index (κ1) is 29.1. The molecule has 0 aliphatic rings. The number of benzene rings is 4. The van der Waals surface area contributed by atoms with Gasteiger partial charge in [-0.2, -0.15) is 0 Å². The van der Waals surface area contributed by atoms with E-state index in [9.17, 15) is 9.18 Å². The lowest BCUT2D eigenvalue weighted by Crippen LogP contribution is -2.18. The van der Waals surface area contributed by atoms with Gasteiger partial charge >= 0.3 is 0 Å². The first-order chi connectivity index (χ1) is 21.4. The minimum absolute atomic E-state index is 0.00656. The Balaban J connectivity index is 1.50. The monoisotopic (exact) mass is 602 g/mol. The number of carbonyl (C=O) groups is 1. The Morgan fingerprint density at radius 3 is 2.30 bits per heavy atom. The Hall–Kier alpha value is -4.94. The number of fused-ring (bicyclic) bond motifs is 1. The molecule has 0 fully saturated rings. The topological polar surface area (TPSA) is 59.0 Å². The molecular formula is C37H32ClFN4O. The van der Waals surface area contributed by atoms with Crippen molar-refractivity contribution in [2.45, 2.75) is 26.3 Å². The van der Waals surface area contributed by atoms with Gasteiger partial charge < -0.3 is 15.2 Å². The molecule has 0 saturated carbocycles. The molecule has 6 aromatic rings. The molecule has 0 atom stereocenters. The van der Waals surface area contributed by atoms with Gasteiger partial charge in [0.2, 0.25) is 0 Å². The van der Waals surface area contributed by atoms with Crippen LogP contribution in [-0.4, -0.2) is 22.0 Å². The van der Waals surface area contributed by atoms with Gasteiger partial charge in [0.1, 0.15) is 5.82 Å². The molecule has 0 unspecified atom stereocenters. The minimum atomic E-state index is -0.314. The Kier molecular flexibility index (Phi) is 8.44. The van der Waals surface area contributed by atoms with Crippen molar-refractivity contribution in [3.8, 4) is 22.4 Å². The summed E-state index contributed by atoms with van der Waals surface area (Å²) in [6.07, 6.45) is 1.76. The zero-order chi connectivity index (χ0) is 30.6. The zero-order valence-electron chi connectivity index (χ0n) is 24.5. The maximum atomic E-state index is 14.2. The number of nitrogens with one attached hydrogen (secondary N) is 2. The predicted molar refractivity (Wildman–Crippen MR) is 179 cm³/mol. The molecule has 0 saturated heterocycles. The van der Waals surface area contributed by atoms with Crippen LogP contribution >= 0.6 is 11.6 Å². The number of hydrogen-bond donors (Lipinski definition) is 2. The lowest BCUT2D eigenvalue weighted by atomic mass is 9.94. The quantitative estimate of drug-likeness (QED) is 0.173. The molecule has 44 heavy (non-hydrogen) atoms. The molecule has 0 aliphatic carbocycles. The SMILES string of the molecule is CC(C)c1c(C(=O)Nc2ccccc2)c(-c2ccccc2)c(-c2ccc(F)cc2)n1CCNc1ccnc2cc(Cl)ccc12. The maximum Gasteiger partial charge on any atom is 0.258 e. The largest absolute Gasteiger partial charge is 0.383 e.